The van der Waals surface area contributed by atoms with Crippen LogP contribution in [0.3, 0.4) is 0 Å². The van der Waals surface area contributed by atoms with Gasteiger partial charge in [-0.1, -0.05) is 0 Å². The molecule has 0 heterocycles. The summed E-state index contributed by atoms with van der Waals surface area (Å²) in [6, 6.07) is 0. The van der Waals surface area contributed by atoms with Crippen molar-refractivity contribution in [2.75, 3.05) is 12.4 Å². The second-order valence-electron chi connectivity index (χ2n) is 1.02. The molecule has 1 atom stereocenters. The standard InChI is InChI=1S/C3H8OS2.H2O/c4-1-3(6)2-5;/h3-6H,1-2H2;1H2. The van der Waals surface area contributed by atoms with Gasteiger partial charge in [-0.15, -0.1) is 0 Å². The zero-order chi connectivity index (χ0) is 4.99. The van der Waals surface area contributed by atoms with E-state index < -0.39 is 0 Å². The average Bonchev–Trinajstić information content (AvgIpc) is 1.65. The monoisotopic (exact) mass is 142 g/mol. The first kappa shape index (κ1) is 10.6. The van der Waals surface area contributed by atoms with Gasteiger partial charge in [-0.2, -0.15) is 25.3 Å². The first-order chi connectivity index (χ1) is 2.81. The highest BCUT2D eigenvalue weighted by Gasteiger charge is 1.92. The molecule has 7 heavy (non-hydrogen) atoms. The molecular weight excluding hydrogens is 132 g/mol. The molecular formula is C3H10O2S2. The van der Waals surface area contributed by atoms with Crippen molar-refractivity contribution in [3.8, 4) is 0 Å². The Balaban J connectivity index is 0. The highest BCUT2D eigenvalue weighted by Crippen LogP contribution is 1.93. The summed E-state index contributed by atoms with van der Waals surface area (Å²) in [7, 11) is 0. The summed E-state index contributed by atoms with van der Waals surface area (Å²) < 4.78 is 0. The van der Waals surface area contributed by atoms with E-state index in [-0.39, 0.29) is 17.3 Å². The van der Waals surface area contributed by atoms with E-state index in [1.807, 2.05) is 0 Å². The van der Waals surface area contributed by atoms with Crippen LogP contribution in [0.25, 0.3) is 0 Å². The summed E-state index contributed by atoms with van der Waals surface area (Å²) in [4.78, 5) is 0. The molecule has 0 radical (unpaired) electrons. The van der Waals surface area contributed by atoms with Gasteiger partial charge in [-0.05, 0) is 0 Å². The predicted octanol–water partition coefficient (Wildman–Crippen LogP) is -0.618. The molecule has 0 rings (SSSR count). The van der Waals surface area contributed by atoms with Gasteiger partial charge in [0.1, 0.15) is 0 Å². The van der Waals surface area contributed by atoms with Crippen LogP contribution in [0.15, 0.2) is 0 Å². The van der Waals surface area contributed by atoms with E-state index in [2.05, 4.69) is 25.3 Å². The third-order valence-corrected chi connectivity index (χ3v) is 1.50. The van der Waals surface area contributed by atoms with Gasteiger partial charge in [0.05, 0.1) is 6.61 Å². The minimum absolute atomic E-state index is 0. The van der Waals surface area contributed by atoms with Gasteiger partial charge >= 0.3 is 0 Å². The van der Waals surface area contributed by atoms with Crippen molar-refractivity contribution >= 4 is 25.3 Å². The Morgan fingerprint density at radius 3 is 2.00 bits per heavy atom. The van der Waals surface area contributed by atoms with Crippen LogP contribution in [0, 0.1) is 0 Å². The summed E-state index contributed by atoms with van der Waals surface area (Å²) in [5.41, 5.74) is 0. The second kappa shape index (κ2) is 6.62. The molecule has 46 valence electrons. The number of thiol groups is 2. The molecule has 0 aliphatic heterocycles. The maximum Gasteiger partial charge on any atom is 0.0555 e. The number of hydrogen-bond acceptors (Lipinski definition) is 3. The number of hydrogen-bond donors (Lipinski definition) is 3. The van der Waals surface area contributed by atoms with E-state index in [1.165, 1.54) is 0 Å². The predicted molar refractivity (Wildman–Crippen MR) is 37.3 cm³/mol. The van der Waals surface area contributed by atoms with E-state index in [0.29, 0.717) is 5.75 Å². The molecule has 0 bridgehead atoms. The van der Waals surface area contributed by atoms with Gasteiger partial charge < -0.3 is 10.6 Å². The molecule has 0 saturated carbocycles. The van der Waals surface area contributed by atoms with Crippen molar-refractivity contribution in [3.63, 3.8) is 0 Å². The van der Waals surface area contributed by atoms with Crippen LogP contribution >= 0.6 is 25.3 Å². The highest BCUT2D eigenvalue weighted by atomic mass is 32.1. The normalized spacial score (nSPS) is 12.4. The molecule has 0 aliphatic carbocycles. The Hall–Kier alpha value is 0.620. The summed E-state index contributed by atoms with van der Waals surface area (Å²) in [5, 5.41) is 8.26. The fraction of sp³-hybridized carbons (Fsp3) is 1.00. The highest BCUT2D eigenvalue weighted by molar-refractivity contribution is 7.84. The molecule has 0 fully saturated rings. The molecule has 0 aromatic carbocycles. The third kappa shape index (κ3) is 6.62. The second-order valence-corrected chi connectivity index (χ2v) is 2.11. The summed E-state index contributed by atoms with van der Waals surface area (Å²) in [6.07, 6.45) is 0. The largest absolute Gasteiger partial charge is 0.412 e. The number of rotatable bonds is 2. The van der Waals surface area contributed by atoms with Gasteiger partial charge in [0.15, 0.2) is 0 Å². The fourth-order valence-electron chi connectivity index (χ4n) is 0.0577. The van der Waals surface area contributed by atoms with E-state index in [1.54, 1.807) is 0 Å². The lowest BCUT2D eigenvalue weighted by Crippen LogP contribution is -2.04. The van der Waals surface area contributed by atoms with Crippen LogP contribution in [0.2, 0.25) is 0 Å². The van der Waals surface area contributed by atoms with Crippen molar-refractivity contribution in [1.29, 1.82) is 0 Å². The lowest BCUT2D eigenvalue weighted by atomic mass is 10.5. The number of aliphatic hydroxyl groups is 1. The smallest absolute Gasteiger partial charge is 0.0555 e. The number of aliphatic hydroxyl groups excluding tert-OH is 1. The van der Waals surface area contributed by atoms with Gasteiger partial charge in [0.2, 0.25) is 0 Å². The lowest BCUT2D eigenvalue weighted by molar-refractivity contribution is 0.302. The Kier molecular flexibility index (Phi) is 10.00. The van der Waals surface area contributed by atoms with E-state index >= 15 is 0 Å². The zero-order valence-corrected chi connectivity index (χ0v) is 5.62. The van der Waals surface area contributed by atoms with Crippen LogP contribution in [-0.4, -0.2) is 28.2 Å². The third-order valence-electron chi connectivity index (χ3n) is 0.421. The van der Waals surface area contributed by atoms with E-state index in [9.17, 15) is 0 Å². The van der Waals surface area contributed by atoms with Crippen molar-refractivity contribution in [2.45, 2.75) is 5.25 Å². The molecule has 0 aromatic heterocycles. The Labute approximate surface area is 54.1 Å². The van der Waals surface area contributed by atoms with Crippen LogP contribution in [0.4, 0.5) is 0 Å². The van der Waals surface area contributed by atoms with Gasteiger partial charge in [0.25, 0.3) is 0 Å². The quantitative estimate of drug-likeness (QED) is 0.442. The molecule has 0 aromatic rings. The molecule has 0 saturated heterocycles. The Morgan fingerprint density at radius 2 is 2.00 bits per heavy atom. The maximum atomic E-state index is 8.21. The summed E-state index contributed by atoms with van der Waals surface area (Å²) in [5.74, 6) is 0.639. The van der Waals surface area contributed by atoms with Crippen molar-refractivity contribution in [3.05, 3.63) is 0 Å². The van der Waals surface area contributed by atoms with Gasteiger partial charge in [-0.3, -0.25) is 0 Å². The molecule has 0 amide bonds. The van der Waals surface area contributed by atoms with Crippen LogP contribution in [0.5, 0.6) is 0 Å². The van der Waals surface area contributed by atoms with Gasteiger partial charge in [-0.25, -0.2) is 0 Å². The van der Waals surface area contributed by atoms with Crippen molar-refractivity contribution in [1.82, 2.24) is 0 Å². The zero-order valence-electron chi connectivity index (χ0n) is 3.83. The molecule has 3 N–H and O–H groups in total. The Morgan fingerprint density at radius 1 is 1.57 bits per heavy atom. The topological polar surface area (TPSA) is 51.7 Å². The lowest BCUT2D eigenvalue weighted by Gasteiger charge is -1.96. The molecule has 0 spiro atoms. The van der Waals surface area contributed by atoms with Crippen LogP contribution in [-0.2, 0) is 0 Å². The van der Waals surface area contributed by atoms with Crippen molar-refractivity contribution < 1.29 is 10.6 Å². The van der Waals surface area contributed by atoms with Crippen LogP contribution in [0.1, 0.15) is 0 Å². The first-order valence-electron chi connectivity index (χ1n) is 1.71. The first-order valence-corrected chi connectivity index (χ1v) is 2.86. The van der Waals surface area contributed by atoms with Crippen LogP contribution < -0.4 is 0 Å². The molecule has 0 aliphatic rings. The molecule has 4 heteroatoms. The fourth-order valence-corrected chi connectivity index (χ4v) is 0.173. The SMILES string of the molecule is O.OCC(S)CS. The summed E-state index contributed by atoms with van der Waals surface area (Å²) in [6.45, 7) is 0.118. The minimum Gasteiger partial charge on any atom is -0.412 e. The molecule has 1 unspecified atom stereocenters. The van der Waals surface area contributed by atoms with Crippen molar-refractivity contribution in [2.24, 2.45) is 0 Å². The molecule has 2 nitrogen and oxygen atoms in total. The maximum absolute atomic E-state index is 8.21. The van der Waals surface area contributed by atoms with Gasteiger partial charge in [0, 0.05) is 11.0 Å². The average molecular weight is 142 g/mol. The van der Waals surface area contributed by atoms with E-state index in [0.717, 1.165) is 0 Å². The summed E-state index contributed by atoms with van der Waals surface area (Å²) >= 11 is 7.76. The Bertz CT molecular complexity index is 30.1. The van der Waals surface area contributed by atoms with E-state index in [4.69, 9.17) is 5.11 Å². The minimum atomic E-state index is 0.